The molecule has 0 saturated heterocycles. The zero-order valence-corrected chi connectivity index (χ0v) is 16.1. The number of benzene rings is 1. The van der Waals surface area contributed by atoms with Gasteiger partial charge in [0.05, 0.1) is 43.4 Å². The van der Waals surface area contributed by atoms with Crippen molar-refractivity contribution in [3.8, 4) is 5.75 Å². The molecular formula is C20H21NO6S. The Morgan fingerprint density at radius 1 is 1.25 bits per heavy atom. The molecule has 1 aliphatic rings. The Morgan fingerprint density at radius 2 is 2.07 bits per heavy atom. The van der Waals surface area contributed by atoms with Crippen LogP contribution in [0.15, 0.2) is 53.1 Å². The summed E-state index contributed by atoms with van der Waals surface area (Å²) in [7, 11) is 1.53. The number of nitrogens with zero attached hydrogens (tertiary/aromatic N) is 1. The lowest BCUT2D eigenvalue weighted by molar-refractivity contribution is -0.130. The molecule has 1 aromatic carbocycles. The van der Waals surface area contributed by atoms with Gasteiger partial charge in [-0.05, 0) is 29.1 Å². The van der Waals surface area contributed by atoms with Crippen molar-refractivity contribution in [3.63, 3.8) is 0 Å². The van der Waals surface area contributed by atoms with Gasteiger partial charge in [0.1, 0.15) is 5.75 Å². The Bertz CT molecular complexity index is 877. The molecule has 28 heavy (non-hydrogen) atoms. The predicted octanol–water partition coefficient (Wildman–Crippen LogP) is 2.34. The minimum atomic E-state index is -0.755. The van der Waals surface area contributed by atoms with Crippen LogP contribution in [0, 0.1) is 0 Å². The van der Waals surface area contributed by atoms with E-state index in [0.717, 1.165) is 0 Å². The zero-order valence-electron chi connectivity index (χ0n) is 15.3. The lowest BCUT2D eigenvalue weighted by atomic mass is 9.95. The van der Waals surface area contributed by atoms with Crippen LogP contribution in [-0.2, 0) is 9.53 Å². The molecule has 148 valence electrons. The van der Waals surface area contributed by atoms with Crippen molar-refractivity contribution in [1.82, 2.24) is 4.90 Å². The van der Waals surface area contributed by atoms with Crippen LogP contribution in [0.5, 0.6) is 5.75 Å². The van der Waals surface area contributed by atoms with Gasteiger partial charge in [-0.25, -0.2) is 0 Å². The van der Waals surface area contributed by atoms with Crippen LogP contribution >= 0.6 is 11.3 Å². The number of hydrogen-bond acceptors (Lipinski definition) is 7. The van der Waals surface area contributed by atoms with Gasteiger partial charge >= 0.3 is 0 Å². The Morgan fingerprint density at radius 3 is 2.75 bits per heavy atom. The van der Waals surface area contributed by atoms with E-state index in [1.54, 1.807) is 41.8 Å². The Kier molecular flexibility index (Phi) is 6.45. The van der Waals surface area contributed by atoms with Gasteiger partial charge in [0.25, 0.3) is 5.91 Å². The molecule has 1 aromatic heterocycles. The number of aliphatic hydroxyl groups excluding tert-OH is 2. The van der Waals surface area contributed by atoms with E-state index in [9.17, 15) is 14.7 Å². The van der Waals surface area contributed by atoms with E-state index >= 15 is 0 Å². The van der Waals surface area contributed by atoms with Crippen molar-refractivity contribution >= 4 is 23.0 Å². The second kappa shape index (κ2) is 9.01. The molecule has 0 fully saturated rings. The van der Waals surface area contributed by atoms with Gasteiger partial charge in [0.2, 0.25) is 5.78 Å². The third-order valence-electron chi connectivity index (χ3n) is 4.41. The van der Waals surface area contributed by atoms with Gasteiger partial charge in [-0.1, -0.05) is 18.2 Å². The first-order chi connectivity index (χ1) is 13.6. The molecule has 0 aliphatic carbocycles. The molecule has 1 aliphatic heterocycles. The largest absolute Gasteiger partial charge is 0.503 e. The summed E-state index contributed by atoms with van der Waals surface area (Å²) in [5, 5.41) is 21.1. The first-order valence-corrected chi connectivity index (χ1v) is 9.61. The number of rotatable bonds is 9. The van der Waals surface area contributed by atoms with Gasteiger partial charge in [-0.3, -0.25) is 9.59 Å². The van der Waals surface area contributed by atoms with Crippen LogP contribution in [-0.4, -0.2) is 60.3 Å². The van der Waals surface area contributed by atoms with E-state index in [4.69, 9.17) is 14.6 Å². The summed E-state index contributed by atoms with van der Waals surface area (Å²) < 4.78 is 10.5. The highest BCUT2D eigenvalue weighted by Gasteiger charge is 2.43. The van der Waals surface area contributed by atoms with Crippen molar-refractivity contribution < 1.29 is 29.3 Å². The Hall–Kier alpha value is -2.68. The summed E-state index contributed by atoms with van der Waals surface area (Å²) in [6.45, 7) is 0.345. The normalized spacial score (nSPS) is 16.7. The number of Topliss-reactive ketones (excluding diaryl/α,β-unsaturated/α-hetero) is 1. The first-order valence-electron chi connectivity index (χ1n) is 8.73. The van der Waals surface area contributed by atoms with E-state index in [2.05, 4.69) is 0 Å². The number of carbonyl (C=O) groups excluding carboxylic acids is 2. The lowest BCUT2D eigenvalue weighted by Gasteiger charge is -2.27. The number of methoxy groups -OCH3 is 1. The maximum Gasteiger partial charge on any atom is 0.290 e. The Balaban J connectivity index is 1.99. The Labute approximate surface area is 166 Å². The average Bonchev–Trinajstić information content (AvgIpc) is 3.33. The average molecular weight is 403 g/mol. The second-order valence-corrected chi connectivity index (χ2v) is 7.03. The molecule has 0 spiro atoms. The van der Waals surface area contributed by atoms with Crippen molar-refractivity contribution in [2.75, 3.05) is 33.5 Å². The molecule has 2 aromatic rings. The molecule has 1 amide bonds. The van der Waals surface area contributed by atoms with Crippen LogP contribution < -0.4 is 4.74 Å². The topological polar surface area (TPSA) is 96.3 Å². The standard InChI is InChI=1S/C20H21NO6S/c1-26-14-5-2-4-13(12-14)17-16(18(23)15-6-3-11-28-15)19(24)20(25)21(17)7-9-27-10-8-22/h2-6,11-12,17,22,24H,7-10H2,1H3/t17-/m0/s1. The number of carbonyl (C=O) groups is 2. The molecule has 3 rings (SSSR count). The summed E-state index contributed by atoms with van der Waals surface area (Å²) in [6.07, 6.45) is 0. The van der Waals surface area contributed by atoms with Gasteiger partial charge < -0.3 is 24.6 Å². The van der Waals surface area contributed by atoms with Crippen LogP contribution in [0.4, 0.5) is 0 Å². The highest BCUT2D eigenvalue weighted by atomic mass is 32.1. The van der Waals surface area contributed by atoms with Crippen molar-refractivity contribution in [2.24, 2.45) is 0 Å². The van der Waals surface area contributed by atoms with Crippen LogP contribution in [0.2, 0.25) is 0 Å². The number of ketones is 1. The van der Waals surface area contributed by atoms with Crippen molar-refractivity contribution in [3.05, 3.63) is 63.6 Å². The van der Waals surface area contributed by atoms with E-state index < -0.39 is 17.7 Å². The smallest absolute Gasteiger partial charge is 0.290 e. The predicted molar refractivity (Wildman–Crippen MR) is 104 cm³/mol. The molecule has 0 unspecified atom stereocenters. The third kappa shape index (κ3) is 3.94. The molecule has 7 nitrogen and oxygen atoms in total. The molecule has 0 saturated carbocycles. The maximum atomic E-state index is 13.0. The summed E-state index contributed by atoms with van der Waals surface area (Å²) in [5.74, 6) is -0.975. The quantitative estimate of drug-likeness (QED) is 0.493. The number of thiophene rings is 1. The SMILES string of the molecule is COc1cccc([C@H]2C(C(=O)c3cccs3)=C(O)C(=O)N2CCOCCO)c1. The fourth-order valence-corrected chi connectivity index (χ4v) is 3.82. The number of hydrogen-bond donors (Lipinski definition) is 2. The highest BCUT2D eigenvalue weighted by Crippen LogP contribution is 2.40. The maximum absolute atomic E-state index is 13.0. The number of ether oxygens (including phenoxy) is 2. The van der Waals surface area contributed by atoms with Gasteiger partial charge in [0.15, 0.2) is 5.76 Å². The highest BCUT2D eigenvalue weighted by molar-refractivity contribution is 7.12. The van der Waals surface area contributed by atoms with E-state index in [0.29, 0.717) is 16.2 Å². The lowest BCUT2D eigenvalue weighted by Crippen LogP contribution is -2.34. The van der Waals surface area contributed by atoms with E-state index in [1.807, 2.05) is 0 Å². The first kappa shape index (κ1) is 20.1. The minimum Gasteiger partial charge on any atom is -0.503 e. The van der Waals surface area contributed by atoms with Gasteiger partial charge in [-0.15, -0.1) is 11.3 Å². The summed E-state index contributed by atoms with van der Waals surface area (Å²) in [6, 6.07) is 9.69. The molecule has 0 radical (unpaired) electrons. The van der Waals surface area contributed by atoms with E-state index in [1.165, 1.54) is 23.3 Å². The molecular weight excluding hydrogens is 382 g/mol. The number of amides is 1. The monoisotopic (exact) mass is 403 g/mol. The van der Waals surface area contributed by atoms with Crippen molar-refractivity contribution in [2.45, 2.75) is 6.04 Å². The zero-order chi connectivity index (χ0) is 20.1. The summed E-state index contributed by atoms with van der Waals surface area (Å²) in [5.41, 5.74) is 0.696. The fraction of sp³-hybridized carbons (Fsp3) is 0.300. The molecule has 2 N–H and O–H groups in total. The van der Waals surface area contributed by atoms with Crippen LogP contribution in [0.25, 0.3) is 0 Å². The summed E-state index contributed by atoms with van der Waals surface area (Å²) in [4.78, 5) is 27.6. The molecule has 8 heteroatoms. The van der Waals surface area contributed by atoms with Gasteiger partial charge in [-0.2, -0.15) is 0 Å². The van der Waals surface area contributed by atoms with Crippen LogP contribution in [0.1, 0.15) is 21.3 Å². The van der Waals surface area contributed by atoms with Crippen molar-refractivity contribution in [1.29, 1.82) is 0 Å². The van der Waals surface area contributed by atoms with Crippen LogP contribution in [0.3, 0.4) is 0 Å². The van der Waals surface area contributed by atoms with E-state index in [-0.39, 0.29) is 37.7 Å². The third-order valence-corrected chi connectivity index (χ3v) is 5.28. The molecule has 1 atom stereocenters. The van der Waals surface area contributed by atoms with Gasteiger partial charge in [0, 0.05) is 6.54 Å². The fourth-order valence-electron chi connectivity index (χ4n) is 3.14. The minimum absolute atomic E-state index is 0.0443. The second-order valence-electron chi connectivity index (χ2n) is 6.08. The number of aliphatic hydroxyl groups is 2. The molecule has 2 heterocycles. The molecule has 0 bridgehead atoms. The summed E-state index contributed by atoms with van der Waals surface area (Å²) >= 11 is 1.25.